The highest BCUT2D eigenvalue weighted by Crippen LogP contribution is 2.26. The highest BCUT2D eigenvalue weighted by molar-refractivity contribution is 5.82. The number of hydrogen-bond acceptors (Lipinski definition) is 4. The van der Waals surface area contributed by atoms with E-state index in [1.54, 1.807) is 0 Å². The summed E-state index contributed by atoms with van der Waals surface area (Å²) in [6, 6.07) is 0. The molecule has 0 aromatic heterocycles. The number of amides is 1. The van der Waals surface area contributed by atoms with Crippen molar-refractivity contribution in [3.8, 4) is 0 Å². The molecule has 0 bridgehead atoms. The van der Waals surface area contributed by atoms with Crippen molar-refractivity contribution in [2.45, 2.75) is 69.2 Å². The van der Waals surface area contributed by atoms with Crippen LogP contribution in [0.4, 0.5) is 0 Å². The van der Waals surface area contributed by atoms with Crippen molar-refractivity contribution < 1.29 is 24.5 Å². The number of rotatable bonds is 4. The number of carbonyl (C=O) groups is 2. The van der Waals surface area contributed by atoms with Gasteiger partial charge in [0, 0.05) is 6.54 Å². The number of nitrogens with one attached hydrogen (secondary N) is 1. The van der Waals surface area contributed by atoms with Gasteiger partial charge >= 0.3 is 5.97 Å². The van der Waals surface area contributed by atoms with Gasteiger partial charge < -0.3 is 20.3 Å². The second-order valence-corrected chi connectivity index (χ2v) is 5.89. The lowest BCUT2D eigenvalue weighted by atomic mass is 9.94. The van der Waals surface area contributed by atoms with Crippen molar-refractivity contribution >= 4 is 11.9 Å². The van der Waals surface area contributed by atoms with Crippen LogP contribution in [0.5, 0.6) is 0 Å². The highest BCUT2D eigenvalue weighted by Gasteiger charge is 2.36. The van der Waals surface area contributed by atoms with Crippen LogP contribution >= 0.6 is 0 Å². The molecule has 2 atom stereocenters. The van der Waals surface area contributed by atoms with Gasteiger partial charge in [0.05, 0.1) is 5.60 Å². The maximum atomic E-state index is 11.9. The topological polar surface area (TPSA) is 95.9 Å². The average molecular weight is 285 g/mol. The lowest BCUT2D eigenvalue weighted by Crippen LogP contribution is -2.46. The van der Waals surface area contributed by atoms with E-state index >= 15 is 0 Å². The van der Waals surface area contributed by atoms with Gasteiger partial charge in [0.15, 0.2) is 6.10 Å². The second kappa shape index (κ2) is 6.54. The van der Waals surface area contributed by atoms with E-state index in [9.17, 15) is 14.7 Å². The molecule has 2 unspecified atom stereocenters. The molecule has 6 heteroatoms. The molecule has 1 saturated heterocycles. The zero-order valence-electron chi connectivity index (χ0n) is 11.6. The summed E-state index contributed by atoms with van der Waals surface area (Å²) in [6.07, 6.45) is 4.81. The first-order valence-electron chi connectivity index (χ1n) is 7.38. The fourth-order valence-corrected chi connectivity index (χ4v) is 2.94. The van der Waals surface area contributed by atoms with Gasteiger partial charge in [0.25, 0.3) is 0 Å². The zero-order valence-corrected chi connectivity index (χ0v) is 11.6. The van der Waals surface area contributed by atoms with E-state index in [4.69, 9.17) is 9.84 Å². The zero-order chi connectivity index (χ0) is 14.6. The van der Waals surface area contributed by atoms with E-state index in [1.165, 1.54) is 0 Å². The lowest BCUT2D eigenvalue weighted by molar-refractivity contribution is -0.152. The molecular weight excluding hydrogens is 262 g/mol. The van der Waals surface area contributed by atoms with Crippen molar-refractivity contribution in [3.05, 3.63) is 0 Å². The predicted octanol–water partition coefficient (Wildman–Crippen LogP) is 0.820. The van der Waals surface area contributed by atoms with Crippen molar-refractivity contribution in [2.24, 2.45) is 0 Å². The fraction of sp³-hybridized carbons (Fsp3) is 0.857. The predicted molar refractivity (Wildman–Crippen MR) is 71.2 cm³/mol. The molecule has 1 heterocycles. The molecule has 6 nitrogen and oxygen atoms in total. The molecule has 2 aliphatic rings. The number of aliphatic hydroxyl groups is 1. The van der Waals surface area contributed by atoms with Crippen molar-refractivity contribution in [1.82, 2.24) is 5.32 Å². The number of ether oxygens (including phenoxy) is 1. The molecule has 3 N–H and O–H groups in total. The van der Waals surface area contributed by atoms with Crippen LogP contribution in [0.25, 0.3) is 0 Å². The van der Waals surface area contributed by atoms with Crippen LogP contribution in [0.15, 0.2) is 0 Å². The van der Waals surface area contributed by atoms with Crippen molar-refractivity contribution in [3.63, 3.8) is 0 Å². The number of hydrogen-bond donors (Lipinski definition) is 3. The Morgan fingerprint density at radius 2 is 1.70 bits per heavy atom. The summed E-state index contributed by atoms with van der Waals surface area (Å²) < 4.78 is 5.19. The molecule has 1 amide bonds. The molecular formula is C14H23NO5. The SMILES string of the molecule is O=C(O)C1CCC(C(=O)NCC2(O)CCCCCC2)O1. The Bertz CT molecular complexity index is 363. The quantitative estimate of drug-likeness (QED) is 0.665. The lowest BCUT2D eigenvalue weighted by Gasteiger charge is -2.27. The summed E-state index contributed by atoms with van der Waals surface area (Å²) in [5.41, 5.74) is -0.822. The van der Waals surface area contributed by atoms with E-state index in [-0.39, 0.29) is 12.5 Å². The van der Waals surface area contributed by atoms with E-state index in [1.807, 2.05) is 0 Å². The number of carbonyl (C=O) groups excluding carboxylic acids is 1. The minimum absolute atomic E-state index is 0.226. The summed E-state index contributed by atoms with van der Waals surface area (Å²) >= 11 is 0. The first-order valence-corrected chi connectivity index (χ1v) is 7.38. The molecule has 1 saturated carbocycles. The van der Waals surface area contributed by atoms with Gasteiger partial charge in [-0.05, 0) is 25.7 Å². The number of aliphatic carboxylic acids is 1. The van der Waals surface area contributed by atoms with Crippen molar-refractivity contribution in [2.75, 3.05) is 6.54 Å². The third-order valence-electron chi connectivity index (χ3n) is 4.21. The normalized spacial score (nSPS) is 29.6. The minimum Gasteiger partial charge on any atom is -0.479 e. The summed E-state index contributed by atoms with van der Waals surface area (Å²) in [4.78, 5) is 22.7. The van der Waals surface area contributed by atoms with Crippen LogP contribution in [-0.2, 0) is 14.3 Å². The Kier molecular flexibility index (Phi) is 4.99. The molecule has 1 aliphatic carbocycles. The molecule has 0 aromatic carbocycles. The fourth-order valence-electron chi connectivity index (χ4n) is 2.94. The van der Waals surface area contributed by atoms with Crippen LogP contribution < -0.4 is 5.32 Å². The average Bonchev–Trinajstić information content (AvgIpc) is 2.81. The summed E-state index contributed by atoms with van der Waals surface area (Å²) in [6.45, 7) is 0.226. The largest absolute Gasteiger partial charge is 0.479 e. The molecule has 2 fully saturated rings. The van der Waals surface area contributed by atoms with Gasteiger partial charge in [-0.1, -0.05) is 25.7 Å². The molecule has 0 aromatic rings. The van der Waals surface area contributed by atoms with Crippen LogP contribution in [0, 0.1) is 0 Å². The third-order valence-corrected chi connectivity index (χ3v) is 4.21. The van der Waals surface area contributed by atoms with E-state index < -0.39 is 23.8 Å². The molecule has 1 aliphatic heterocycles. The van der Waals surface area contributed by atoms with Crippen LogP contribution in [-0.4, -0.2) is 46.4 Å². The number of carboxylic acids is 1. The molecule has 20 heavy (non-hydrogen) atoms. The van der Waals surface area contributed by atoms with Gasteiger partial charge in [-0.2, -0.15) is 0 Å². The Morgan fingerprint density at radius 1 is 1.10 bits per heavy atom. The summed E-state index contributed by atoms with van der Waals surface area (Å²) in [7, 11) is 0. The third kappa shape index (κ3) is 3.93. The van der Waals surface area contributed by atoms with Crippen LogP contribution in [0.1, 0.15) is 51.4 Å². The van der Waals surface area contributed by atoms with Gasteiger partial charge in [-0.15, -0.1) is 0 Å². The molecule has 2 rings (SSSR count). The van der Waals surface area contributed by atoms with Gasteiger partial charge in [0.2, 0.25) is 5.91 Å². The summed E-state index contributed by atoms with van der Waals surface area (Å²) in [5.74, 6) is -1.34. The van der Waals surface area contributed by atoms with Crippen LogP contribution in [0.2, 0.25) is 0 Å². The minimum atomic E-state index is -1.03. The van der Waals surface area contributed by atoms with Crippen LogP contribution in [0.3, 0.4) is 0 Å². The highest BCUT2D eigenvalue weighted by atomic mass is 16.5. The maximum Gasteiger partial charge on any atom is 0.332 e. The van der Waals surface area contributed by atoms with Gasteiger partial charge in [0.1, 0.15) is 6.10 Å². The number of carboxylic acid groups (broad SMARTS) is 1. The Hall–Kier alpha value is -1.14. The summed E-state index contributed by atoms with van der Waals surface area (Å²) in [5, 5.41) is 22.0. The molecule has 0 radical (unpaired) electrons. The smallest absolute Gasteiger partial charge is 0.332 e. The Balaban J connectivity index is 1.78. The Labute approximate surface area is 118 Å². The van der Waals surface area contributed by atoms with Crippen molar-refractivity contribution in [1.29, 1.82) is 0 Å². The molecule has 0 spiro atoms. The van der Waals surface area contributed by atoms with Gasteiger partial charge in [-0.3, -0.25) is 4.79 Å². The first-order chi connectivity index (χ1) is 9.50. The monoisotopic (exact) mass is 285 g/mol. The van der Waals surface area contributed by atoms with E-state index in [0.29, 0.717) is 25.7 Å². The maximum absolute atomic E-state index is 11.9. The standard InChI is InChI=1S/C14H23NO5/c16-12(10-5-6-11(20-10)13(17)18)15-9-14(19)7-3-1-2-4-8-14/h10-11,19H,1-9H2,(H,15,16)(H,17,18). The van der Waals surface area contributed by atoms with E-state index in [0.717, 1.165) is 25.7 Å². The van der Waals surface area contributed by atoms with E-state index in [2.05, 4.69) is 5.32 Å². The van der Waals surface area contributed by atoms with Gasteiger partial charge in [-0.25, -0.2) is 4.79 Å². The Morgan fingerprint density at radius 3 is 2.25 bits per heavy atom. The first kappa shape index (κ1) is 15.3. The molecule has 114 valence electrons. The second-order valence-electron chi connectivity index (χ2n) is 5.89.